The maximum atomic E-state index is 14.4. The molecular formula is C43H64N2O5. The van der Waals surface area contributed by atoms with Gasteiger partial charge in [0.1, 0.15) is 6.10 Å². The molecule has 0 spiro atoms. The standard InChI is InChI=1S/C43H64N2O5/c1-27(2)29-12-20-43(36(47)45-25-17-28-15-23-44-24-16-28)22-21-41(8)30(35(29)43)10-11-32-40(7)18-14-33(50-34(46)26-38(3,4)37(48)49)39(5,6)31(40)13-19-42(32,41)9/h15-16,23-24,29-33,35H,1,10-14,17-22,25-26H2,2-9H3,(H,45,47)(H,48,49)/t29-,30+,31-,32+,33-,35+,40-,41+,42+,43-/m0/s1. The van der Waals surface area contributed by atoms with Crippen molar-refractivity contribution in [3.63, 3.8) is 0 Å². The first-order valence-electron chi connectivity index (χ1n) is 19.6. The number of aromatic nitrogens is 1. The Kier molecular flexibility index (Phi) is 9.46. The molecule has 0 aliphatic heterocycles. The first-order chi connectivity index (χ1) is 23.3. The van der Waals surface area contributed by atoms with Crippen LogP contribution >= 0.6 is 0 Å². The Morgan fingerprint density at radius 1 is 0.920 bits per heavy atom. The Hall–Kier alpha value is -2.70. The minimum atomic E-state index is -1.15. The number of pyridine rings is 1. The third kappa shape index (κ3) is 5.66. The fraction of sp³-hybridized carbons (Fsp3) is 0.767. The van der Waals surface area contributed by atoms with Crippen LogP contribution in [0.1, 0.15) is 132 Å². The molecule has 0 unspecified atom stereocenters. The molecule has 5 aliphatic carbocycles. The first kappa shape index (κ1) is 37.1. The molecule has 5 fully saturated rings. The molecule has 1 aromatic heterocycles. The van der Waals surface area contributed by atoms with Crippen LogP contribution in [0.25, 0.3) is 0 Å². The lowest BCUT2D eigenvalue weighted by Gasteiger charge is -2.72. The predicted molar refractivity (Wildman–Crippen MR) is 196 cm³/mol. The highest BCUT2D eigenvalue weighted by Gasteiger charge is 2.72. The van der Waals surface area contributed by atoms with E-state index in [4.69, 9.17) is 4.74 Å². The Labute approximate surface area is 301 Å². The highest BCUT2D eigenvalue weighted by Crippen LogP contribution is 2.77. The van der Waals surface area contributed by atoms with E-state index in [1.165, 1.54) is 17.6 Å². The van der Waals surface area contributed by atoms with Gasteiger partial charge in [0.2, 0.25) is 5.91 Å². The second kappa shape index (κ2) is 12.8. The molecule has 10 atom stereocenters. The number of carboxylic acids is 1. The van der Waals surface area contributed by atoms with E-state index in [2.05, 4.69) is 58.4 Å². The Balaban J connectivity index is 1.23. The molecule has 0 aromatic carbocycles. The van der Waals surface area contributed by atoms with E-state index in [0.717, 1.165) is 64.2 Å². The number of hydrogen-bond acceptors (Lipinski definition) is 5. The smallest absolute Gasteiger partial charge is 0.309 e. The van der Waals surface area contributed by atoms with Crippen molar-refractivity contribution in [2.24, 2.45) is 62.1 Å². The lowest BCUT2D eigenvalue weighted by molar-refractivity contribution is -0.249. The molecule has 50 heavy (non-hydrogen) atoms. The van der Waals surface area contributed by atoms with E-state index < -0.39 is 17.4 Å². The average molecular weight is 689 g/mol. The van der Waals surface area contributed by atoms with Gasteiger partial charge in [-0.1, -0.05) is 46.8 Å². The lowest BCUT2D eigenvalue weighted by atomic mass is 9.32. The summed E-state index contributed by atoms with van der Waals surface area (Å²) in [5.74, 6) is 1.05. The second-order valence-corrected chi connectivity index (χ2v) is 19.4. The summed E-state index contributed by atoms with van der Waals surface area (Å²) < 4.78 is 6.17. The molecule has 0 radical (unpaired) electrons. The SMILES string of the molecule is C=C(C)[C@@H]1CC[C@]2(C(=O)NCCc3ccncc3)CC[C@]3(C)[C@H](CC[C@@H]4[C@@]5(C)CC[C@H](OC(=O)CC(C)(C)C(=O)O)C(C)(C)[C@@H]5CC[C@]43C)[C@@H]12. The molecule has 1 amide bonds. The number of allylic oxidation sites excluding steroid dienone is 1. The largest absolute Gasteiger partial charge is 0.481 e. The Morgan fingerprint density at radius 2 is 1.62 bits per heavy atom. The van der Waals surface area contributed by atoms with E-state index in [0.29, 0.717) is 36.1 Å². The molecule has 0 bridgehead atoms. The van der Waals surface area contributed by atoms with Crippen LogP contribution < -0.4 is 5.32 Å². The molecule has 6 rings (SSSR count). The molecule has 1 aromatic rings. The van der Waals surface area contributed by atoms with E-state index in [-0.39, 0.29) is 45.5 Å². The molecular weight excluding hydrogens is 624 g/mol. The van der Waals surface area contributed by atoms with Crippen molar-refractivity contribution in [2.45, 2.75) is 139 Å². The maximum Gasteiger partial charge on any atom is 0.309 e. The van der Waals surface area contributed by atoms with Gasteiger partial charge in [-0.3, -0.25) is 19.4 Å². The third-order valence-electron chi connectivity index (χ3n) is 16.3. The minimum absolute atomic E-state index is 0.117. The highest BCUT2D eigenvalue weighted by atomic mass is 16.5. The number of carbonyl (C=O) groups is 3. The van der Waals surface area contributed by atoms with Gasteiger partial charge >= 0.3 is 11.9 Å². The number of esters is 1. The van der Waals surface area contributed by atoms with Gasteiger partial charge in [-0.15, -0.1) is 0 Å². The van der Waals surface area contributed by atoms with Crippen molar-refractivity contribution in [2.75, 3.05) is 6.54 Å². The van der Waals surface area contributed by atoms with Gasteiger partial charge < -0.3 is 15.2 Å². The second-order valence-electron chi connectivity index (χ2n) is 19.4. The number of hydrogen-bond donors (Lipinski definition) is 2. The molecule has 5 aliphatic rings. The average Bonchev–Trinajstić information content (AvgIpc) is 3.44. The number of nitrogens with zero attached hydrogens (tertiary/aromatic N) is 1. The first-order valence-corrected chi connectivity index (χ1v) is 19.6. The molecule has 5 saturated carbocycles. The van der Waals surface area contributed by atoms with Crippen LogP contribution in [0.5, 0.6) is 0 Å². The topological polar surface area (TPSA) is 106 Å². The predicted octanol–water partition coefficient (Wildman–Crippen LogP) is 8.81. The maximum absolute atomic E-state index is 14.4. The number of fused-ring (bicyclic) bond motifs is 7. The minimum Gasteiger partial charge on any atom is -0.481 e. The van der Waals surface area contributed by atoms with Crippen LogP contribution in [0.4, 0.5) is 0 Å². The van der Waals surface area contributed by atoms with Crippen molar-refractivity contribution < 1.29 is 24.2 Å². The van der Waals surface area contributed by atoms with Gasteiger partial charge in [0.25, 0.3) is 0 Å². The summed E-state index contributed by atoms with van der Waals surface area (Å²) in [7, 11) is 0. The molecule has 7 heteroatoms. The van der Waals surface area contributed by atoms with Crippen LogP contribution in [0.3, 0.4) is 0 Å². The van der Waals surface area contributed by atoms with Gasteiger partial charge in [0.15, 0.2) is 0 Å². The van der Waals surface area contributed by atoms with Crippen LogP contribution in [0, 0.1) is 62.1 Å². The summed E-state index contributed by atoms with van der Waals surface area (Å²) in [6.45, 7) is 22.9. The third-order valence-corrected chi connectivity index (χ3v) is 16.3. The van der Waals surface area contributed by atoms with Crippen LogP contribution in [0.2, 0.25) is 0 Å². The van der Waals surface area contributed by atoms with Crippen molar-refractivity contribution in [1.29, 1.82) is 0 Å². The summed E-state index contributed by atoms with van der Waals surface area (Å²) in [5.41, 5.74) is 1.17. The molecule has 0 saturated heterocycles. The van der Waals surface area contributed by atoms with Crippen LogP contribution in [-0.4, -0.2) is 40.6 Å². The van der Waals surface area contributed by atoms with Crippen molar-refractivity contribution in [3.8, 4) is 0 Å². The molecule has 2 N–H and O–H groups in total. The molecule has 1 heterocycles. The zero-order valence-electron chi connectivity index (χ0n) is 32.2. The fourth-order valence-corrected chi connectivity index (χ4v) is 13.4. The van der Waals surface area contributed by atoms with Crippen LogP contribution in [-0.2, 0) is 25.5 Å². The quantitative estimate of drug-likeness (QED) is 0.199. The normalized spacial score (nSPS) is 40.3. The van der Waals surface area contributed by atoms with Gasteiger partial charge in [0, 0.05) is 24.4 Å². The highest BCUT2D eigenvalue weighted by molar-refractivity contribution is 5.84. The van der Waals surface area contributed by atoms with Gasteiger partial charge in [0.05, 0.1) is 17.3 Å². The van der Waals surface area contributed by atoms with Gasteiger partial charge in [-0.2, -0.15) is 0 Å². The zero-order valence-corrected chi connectivity index (χ0v) is 32.2. The molecule has 7 nitrogen and oxygen atoms in total. The summed E-state index contributed by atoms with van der Waals surface area (Å²) in [5, 5.41) is 13.0. The number of aliphatic carboxylic acids is 1. The summed E-state index contributed by atoms with van der Waals surface area (Å²) in [6.07, 6.45) is 14.6. The van der Waals surface area contributed by atoms with E-state index in [1.54, 1.807) is 13.8 Å². The molecule has 276 valence electrons. The Morgan fingerprint density at radius 3 is 2.28 bits per heavy atom. The van der Waals surface area contributed by atoms with Gasteiger partial charge in [-0.25, -0.2) is 0 Å². The zero-order chi connectivity index (χ0) is 36.5. The number of ether oxygens (including phenoxy) is 1. The number of carbonyl (C=O) groups excluding carboxylic acids is 2. The monoisotopic (exact) mass is 688 g/mol. The van der Waals surface area contributed by atoms with Crippen molar-refractivity contribution >= 4 is 17.8 Å². The van der Waals surface area contributed by atoms with E-state index in [1.807, 2.05) is 24.5 Å². The van der Waals surface area contributed by atoms with Crippen molar-refractivity contribution in [1.82, 2.24) is 10.3 Å². The summed E-state index contributed by atoms with van der Waals surface area (Å²) in [6, 6.07) is 4.06. The number of rotatable bonds is 9. The fourth-order valence-electron chi connectivity index (χ4n) is 13.4. The summed E-state index contributed by atoms with van der Waals surface area (Å²) in [4.78, 5) is 43.3. The number of carboxylic acid groups (broad SMARTS) is 1. The van der Waals surface area contributed by atoms with Crippen LogP contribution in [0.15, 0.2) is 36.7 Å². The number of amides is 1. The lowest BCUT2D eigenvalue weighted by Crippen LogP contribution is -2.67. The van der Waals surface area contributed by atoms with E-state index >= 15 is 0 Å². The number of nitrogens with one attached hydrogen (secondary N) is 1. The van der Waals surface area contributed by atoms with Gasteiger partial charge in [-0.05, 0) is 155 Å². The van der Waals surface area contributed by atoms with E-state index in [9.17, 15) is 19.5 Å². The van der Waals surface area contributed by atoms with Crippen molar-refractivity contribution in [3.05, 3.63) is 42.2 Å². The summed E-state index contributed by atoms with van der Waals surface area (Å²) >= 11 is 0. The Bertz CT molecular complexity index is 1500.